The number of likely N-dealkylation sites (tertiary alicyclic amines) is 1. The van der Waals surface area contributed by atoms with Crippen LogP contribution in [0.2, 0.25) is 0 Å². The van der Waals surface area contributed by atoms with Crippen LogP contribution >= 0.6 is 0 Å². The molecule has 7 heteroatoms. The van der Waals surface area contributed by atoms with Gasteiger partial charge in [0.15, 0.2) is 0 Å². The molecule has 104 valence electrons. The van der Waals surface area contributed by atoms with Crippen molar-refractivity contribution in [1.29, 1.82) is 0 Å². The molecule has 1 amide bonds. The van der Waals surface area contributed by atoms with Crippen LogP contribution in [0.4, 0.5) is 0 Å². The Morgan fingerprint density at radius 1 is 0.950 bits per heavy atom. The topological polar surface area (TPSA) is 112 Å². The number of carbonyl (C=O) groups is 4. The van der Waals surface area contributed by atoms with E-state index in [9.17, 15) is 19.2 Å². The van der Waals surface area contributed by atoms with E-state index in [1.807, 2.05) is 0 Å². The molecule has 1 aromatic carbocycles. The number of benzene rings is 1. The summed E-state index contributed by atoms with van der Waals surface area (Å²) in [5, 5.41) is 17.8. The van der Waals surface area contributed by atoms with E-state index in [2.05, 4.69) is 0 Å². The Morgan fingerprint density at radius 3 is 1.90 bits per heavy atom. The molecule has 0 unspecified atom stereocenters. The molecule has 7 nitrogen and oxygen atoms in total. The Hall–Kier alpha value is -2.70. The monoisotopic (exact) mass is 277 g/mol. The van der Waals surface area contributed by atoms with Gasteiger partial charge in [-0.1, -0.05) is 30.3 Å². The highest BCUT2D eigenvalue weighted by Crippen LogP contribution is 2.27. The van der Waals surface area contributed by atoms with E-state index in [1.54, 1.807) is 18.2 Å². The van der Waals surface area contributed by atoms with Crippen molar-refractivity contribution < 1.29 is 29.4 Å². The molecule has 1 aliphatic heterocycles. The van der Waals surface area contributed by atoms with E-state index in [0.29, 0.717) is 4.90 Å². The summed E-state index contributed by atoms with van der Waals surface area (Å²) in [5.74, 6) is -4.67. The van der Waals surface area contributed by atoms with Gasteiger partial charge in [0, 0.05) is 12.0 Å². The summed E-state index contributed by atoms with van der Waals surface area (Å²) >= 11 is 0. The molecule has 0 radical (unpaired) electrons. The number of rotatable bonds is 4. The quantitative estimate of drug-likeness (QED) is 0.592. The third-order valence-electron chi connectivity index (χ3n) is 3.15. The Balaban J connectivity index is 2.23. The molecule has 0 aromatic heterocycles. The summed E-state index contributed by atoms with van der Waals surface area (Å²) in [6.07, 6.45) is -0.196. The maximum Gasteiger partial charge on any atom is 0.326 e. The lowest BCUT2D eigenvalue weighted by Crippen LogP contribution is -2.65. The molecular formula is C13H11NO6. The van der Waals surface area contributed by atoms with Gasteiger partial charge in [-0.3, -0.25) is 9.59 Å². The number of carboxylic acid groups (broad SMARTS) is 2. The molecule has 0 bridgehead atoms. The Kier molecular flexibility index (Phi) is 3.51. The lowest BCUT2D eigenvalue weighted by atomic mass is 9.91. The number of aliphatic carboxylic acids is 2. The maximum absolute atomic E-state index is 12.0. The first-order valence-electron chi connectivity index (χ1n) is 5.81. The third kappa shape index (κ3) is 2.25. The molecule has 1 fully saturated rings. The van der Waals surface area contributed by atoms with Gasteiger partial charge in [0.25, 0.3) is 5.91 Å². The number of hydrogen-bond acceptors (Lipinski definition) is 4. The Labute approximate surface area is 113 Å². The van der Waals surface area contributed by atoms with Gasteiger partial charge in [0.1, 0.15) is 12.1 Å². The van der Waals surface area contributed by atoms with E-state index < -0.39 is 35.7 Å². The normalized spacial score (nSPS) is 20.9. The van der Waals surface area contributed by atoms with Crippen LogP contribution in [-0.2, 0) is 14.4 Å². The van der Waals surface area contributed by atoms with E-state index in [-0.39, 0.29) is 12.0 Å². The molecule has 1 heterocycles. The summed E-state index contributed by atoms with van der Waals surface area (Å²) in [6.45, 7) is 0. The zero-order valence-corrected chi connectivity index (χ0v) is 10.2. The van der Waals surface area contributed by atoms with Crippen LogP contribution in [0.1, 0.15) is 16.8 Å². The van der Waals surface area contributed by atoms with Crippen molar-refractivity contribution in [1.82, 2.24) is 4.90 Å². The average Bonchev–Trinajstić information content (AvgIpc) is 2.36. The molecule has 2 N–H and O–H groups in total. The highest BCUT2D eigenvalue weighted by atomic mass is 16.4. The second-order valence-electron chi connectivity index (χ2n) is 4.35. The average molecular weight is 277 g/mol. The number of Topliss-reactive ketones (excluding diaryl/α,β-unsaturated/α-hetero) is 1. The Morgan fingerprint density at radius 2 is 1.45 bits per heavy atom. The van der Waals surface area contributed by atoms with Gasteiger partial charge >= 0.3 is 11.9 Å². The van der Waals surface area contributed by atoms with Crippen molar-refractivity contribution in [2.75, 3.05) is 0 Å². The van der Waals surface area contributed by atoms with Crippen molar-refractivity contribution in [3.63, 3.8) is 0 Å². The first kappa shape index (κ1) is 13.7. The zero-order valence-electron chi connectivity index (χ0n) is 10.2. The molecule has 2 rings (SSSR count). The van der Waals surface area contributed by atoms with E-state index in [0.717, 1.165) is 0 Å². The van der Waals surface area contributed by atoms with Crippen molar-refractivity contribution in [2.24, 2.45) is 0 Å². The van der Waals surface area contributed by atoms with E-state index in [1.165, 1.54) is 12.1 Å². The second kappa shape index (κ2) is 5.12. The number of carbonyl (C=O) groups excluding carboxylic acids is 2. The van der Waals surface area contributed by atoms with Gasteiger partial charge in [0.05, 0.1) is 0 Å². The van der Waals surface area contributed by atoms with Gasteiger partial charge in [-0.2, -0.15) is 0 Å². The van der Waals surface area contributed by atoms with E-state index >= 15 is 0 Å². The minimum Gasteiger partial charge on any atom is -0.480 e. The van der Waals surface area contributed by atoms with Crippen molar-refractivity contribution in [3.8, 4) is 0 Å². The Bertz CT molecular complexity index is 562. The van der Waals surface area contributed by atoms with Crippen LogP contribution in [0.3, 0.4) is 0 Å². The van der Waals surface area contributed by atoms with Crippen LogP contribution in [0.15, 0.2) is 30.3 Å². The number of carboxylic acids is 2. The molecular weight excluding hydrogens is 266 g/mol. The second-order valence-corrected chi connectivity index (χ2v) is 4.35. The number of ketones is 1. The van der Waals surface area contributed by atoms with Crippen LogP contribution < -0.4 is 0 Å². The summed E-state index contributed by atoms with van der Waals surface area (Å²) in [4.78, 5) is 46.4. The molecule has 20 heavy (non-hydrogen) atoms. The van der Waals surface area contributed by atoms with Crippen molar-refractivity contribution in [3.05, 3.63) is 35.9 Å². The van der Waals surface area contributed by atoms with E-state index in [4.69, 9.17) is 10.2 Å². The molecule has 2 atom stereocenters. The van der Waals surface area contributed by atoms with Gasteiger partial charge in [-0.15, -0.1) is 0 Å². The van der Waals surface area contributed by atoms with Gasteiger partial charge in [0.2, 0.25) is 5.78 Å². The first-order chi connectivity index (χ1) is 9.43. The zero-order chi connectivity index (χ0) is 14.9. The minimum atomic E-state index is -1.32. The van der Waals surface area contributed by atoms with Crippen molar-refractivity contribution >= 4 is 23.6 Å². The first-order valence-corrected chi connectivity index (χ1v) is 5.81. The highest BCUT2D eigenvalue weighted by molar-refractivity contribution is 6.43. The lowest BCUT2D eigenvalue weighted by molar-refractivity contribution is -0.169. The van der Waals surface area contributed by atoms with Crippen LogP contribution in [-0.4, -0.2) is 50.8 Å². The number of hydrogen-bond donors (Lipinski definition) is 2. The predicted molar refractivity (Wildman–Crippen MR) is 65.1 cm³/mol. The highest BCUT2D eigenvalue weighted by Gasteiger charge is 2.51. The molecule has 1 aromatic rings. The fourth-order valence-corrected chi connectivity index (χ4v) is 2.07. The number of nitrogens with zero attached hydrogens (tertiary/aromatic N) is 1. The van der Waals surface area contributed by atoms with Gasteiger partial charge in [-0.05, 0) is 0 Å². The third-order valence-corrected chi connectivity index (χ3v) is 3.15. The number of amides is 1. The van der Waals surface area contributed by atoms with Crippen LogP contribution in [0, 0.1) is 0 Å². The molecule has 1 aliphatic rings. The fraction of sp³-hybridized carbons (Fsp3) is 0.231. The summed E-state index contributed by atoms with van der Waals surface area (Å²) in [7, 11) is 0. The van der Waals surface area contributed by atoms with Gasteiger partial charge < -0.3 is 15.1 Å². The minimum absolute atomic E-state index is 0.0951. The summed E-state index contributed by atoms with van der Waals surface area (Å²) in [6, 6.07) is 5.05. The SMILES string of the molecule is O=C(C(=O)N1[C@H](C(=O)O)C[C@H]1C(=O)O)c1ccccc1. The van der Waals surface area contributed by atoms with Gasteiger partial charge in [-0.25, -0.2) is 9.59 Å². The maximum atomic E-state index is 12.0. The smallest absolute Gasteiger partial charge is 0.326 e. The predicted octanol–water partition coefficient (Wildman–Crippen LogP) is 0.00800. The van der Waals surface area contributed by atoms with Crippen LogP contribution in [0.25, 0.3) is 0 Å². The fourth-order valence-electron chi connectivity index (χ4n) is 2.07. The molecule has 1 saturated heterocycles. The lowest BCUT2D eigenvalue weighted by Gasteiger charge is -2.43. The van der Waals surface area contributed by atoms with Crippen molar-refractivity contribution in [2.45, 2.75) is 18.5 Å². The summed E-state index contributed by atoms with van der Waals surface area (Å²) < 4.78 is 0. The molecule has 0 spiro atoms. The molecule has 0 aliphatic carbocycles. The largest absolute Gasteiger partial charge is 0.480 e. The summed E-state index contributed by atoms with van der Waals surface area (Å²) in [5.41, 5.74) is 0.0951. The standard InChI is InChI=1S/C13H11NO6/c15-10(7-4-2-1-3-5-7)11(16)14-8(12(17)18)6-9(14)13(19)20/h1-5,8-9H,6H2,(H,17,18)(H,19,20)/t8-,9-/m0/s1. The molecule has 0 saturated carbocycles. The van der Waals surface area contributed by atoms with Crippen LogP contribution in [0.5, 0.6) is 0 Å².